The molecular formula is C22H29N7O4S. The molecule has 182 valence electrons. The van der Waals surface area contributed by atoms with Crippen molar-refractivity contribution in [2.24, 2.45) is 0 Å². The number of hydrogen-bond acceptors (Lipinski definition) is 9. The second-order valence-corrected chi connectivity index (χ2v) is 10.1. The predicted molar refractivity (Wildman–Crippen MR) is 126 cm³/mol. The third-order valence-corrected chi connectivity index (χ3v) is 6.71. The van der Waals surface area contributed by atoms with Crippen LogP contribution < -0.4 is 9.46 Å². The average molecular weight is 492 g/mol. The molecule has 34 heavy (non-hydrogen) atoms. The third kappa shape index (κ3) is 5.17. The Hall–Kier alpha value is -3.12. The first-order valence-corrected chi connectivity index (χ1v) is 12.2. The Morgan fingerprint density at radius 1 is 1.18 bits per heavy atom. The minimum Gasteiger partial charge on any atom is -0.481 e. The normalized spacial score (nSPS) is 20.5. The standard InChI is InChI=1S/C22H29N7O4S/c1-13(2)33-19(20-23-11-14(3)12-24-20)15(4)34(30,31)28-22-27-26-21(29(22)16-9-10-16)17-7-6-8-18(25-17)32-5/h6-8,11-13,15-16,19H,9-10H2,1-5H3,(H,27,28)/i9D2,10D2. The summed E-state index contributed by atoms with van der Waals surface area (Å²) in [6.07, 6.45) is -2.88. The number of aryl methyl sites for hydroxylation is 1. The number of nitrogens with one attached hydrogen (secondary N) is 1. The quantitative estimate of drug-likeness (QED) is 0.454. The summed E-state index contributed by atoms with van der Waals surface area (Å²) in [7, 11) is -2.85. The topological polar surface area (TPSA) is 134 Å². The van der Waals surface area contributed by atoms with E-state index in [-0.39, 0.29) is 35.3 Å². The SMILES string of the molecule is [2H]C1([2H])C(n2c(NS(=O)(=O)C(C)C(OC(C)C)c3ncc(C)cn3)nnc2-c2cccc(OC)n2)C1([2H])[2H]. The molecule has 1 aliphatic rings. The lowest BCUT2D eigenvalue weighted by molar-refractivity contribution is 0.00152. The summed E-state index contributed by atoms with van der Waals surface area (Å²) in [6, 6.07) is 3.35. The minimum atomic E-state index is -4.27. The van der Waals surface area contributed by atoms with E-state index in [1.54, 1.807) is 51.4 Å². The van der Waals surface area contributed by atoms with Gasteiger partial charge in [-0.15, -0.1) is 10.2 Å². The van der Waals surface area contributed by atoms with Crippen LogP contribution in [-0.2, 0) is 14.8 Å². The van der Waals surface area contributed by atoms with Crippen molar-refractivity contribution < 1.29 is 23.4 Å². The van der Waals surface area contributed by atoms with Gasteiger partial charge < -0.3 is 9.47 Å². The summed E-state index contributed by atoms with van der Waals surface area (Å²) in [5.74, 6) is 0.0300. The van der Waals surface area contributed by atoms with Gasteiger partial charge in [0.2, 0.25) is 21.9 Å². The summed E-state index contributed by atoms with van der Waals surface area (Å²) in [6.45, 7) is 6.75. The Balaban J connectivity index is 1.75. The maximum absolute atomic E-state index is 13.6. The van der Waals surface area contributed by atoms with Crippen LogP contribution in [0.5, 0.6) is 5.88 Å². The zero-order valence-electron chi connectivity index (χ0n) is 23.4. The number of hydrogen-bond donors (Lipinski definition) is 1. The summed E-state index contributed by atoms with van der Waals surface area (Å²) >= 11 is 0. The Morgan fingerprint density at radius 3 is 2.50 bits per heavy atom. The lowest BCUT2D eigenvalue weighted by Crippen LogP contribution is -2.35. The van der Waals surface area contributed by atoms with E-state index in [2.05, 4.69) is 29.9 Å². The van der Waals surface area contributed by atoms with Gasteiger partial charge in [-0.2, -0.15) is 0 Å². The van der Waals surface area contributed by atoms with E-state index in [0.29, 0.717) is 0 Å². The van der Waals surface area contributed by atoms with Crippen LogP contribution >= 0.6 is 0 Å². The van der Waals surface area contributed by atoms with Crippen molar-refractivity contribution in [2.45, 2.75) is 63.9 Å². The fourth-order valence-electron chi connectivity index (χ4n) is 3.21. The number of methoxy groups -OCH3 is 1. The van der Waals surface area contributed by atoms with E-state index in [9.17, 15) is 8.42 Å². The van der Waals surface area contributed by atoms with Crippen LogP contribution in [0.3, 0.4) is 0 Å². The van der Waals surface area contributed by atoms with E-state index in [4.69, 9.17) is 15.0 Å². The lowest BCUT2D eigenvalue weighted by atomic mass is 10.2. The molecule has 0 radical (unpaired) electrons. The van der Waals surface area contributed by atoms with Crippen molar-refractivity contribution in [3.63, 3.8) is 0 Å². The lowest BCUT2D eigenvalue weighted by Gasteiger charge is -2.25. The molecule has 1 fully saturated rings. The number of nitrogens with zero attached hydrogens (tertiary/aromatic N) is 6. The molecule has 11 nitrogen and oxygen atoms in total. The zero-order valence-corrected chi connectivity index (χ0v) is 20.2. The molecule has 4 rings (SSSR count). The van der Waals surface area contributed by atoms with Crippen LogP contribution in [0.1, 0.15) is 62.5 Å². The highest BCUT2D eigenvalue weighted by Crippen LogP contribution is 2.40. The molecule has 2 atom stereocenters. The monoisotopic (exact) mass is 491 g/mol. The largest absolute Gasteiger partial charge is 0.481 e. The molecular weight excluding hydrogens is 458 g/mol. The van der Waals surface area contributed by atoms with Crippen molar-refractivity contribution in [3.05, 3.63) is 42.0 Å². The Morgan fingerprint density at radius 2 is 1.88 bits per heavy atom. The van der Waals surface area contributed by atoms with Gasteiger partial charge in [0.1, 0.15) is 17.0 Å². The molecule has 1 N–H and O–H groups in total. The highest BCUT2D eigenvalue weighted by molar-refractivity contribution is 7.93. The molecule has 3 aromatic heterocycles. The first kappa shape index (κ1) is 19.2. The Kier molecular flexibility index (Phi) is 5.44. The van der Waals surface area contributed by atoms with Crippen molar-refractivity contribution in [3.8, 4) is 17.4 Å². The van der Waals surface area contributed by atoms with E-state index in [0.717, 1.165) is 10.1 Å². The van der Waals surface area contributed by atoms with E-state index in [1.807, 2.05) is 0 Å². The fraction of sp³-hybridized carbons (Fsp3) is 0.500. The molecule has 3 heterocycles. The smallest absolute Gasteiger partial charge is 0.240 e. The third-order valence-electron chi connectivity index (χ3n) is 5.01. The number of rotatable bonds is 10. The molecule has 1 saturated carbocycles. The van der Waals surface area contributed by atoms with Crippen molar-refractivity contribution in [2.75, 3.05) is 11.8 Å². The summed E-state index contributed by atoms with van der Waals surface area (Å²) in [5.41, 5.74) is 0.994. The highest BCUT2D eigenvalue weighted by atomic mass is 32.2. The summed E-state index contributed by atoms with van der Waals surface area (Å²) in [5, 5.41) is 6.77. The molecule has 0 spiro atoms. The van der Waals surface area contributed by atoms with Gasteiger partial charge >= 0.3 is 0 Å². The molecule has 0 saturated heterocycles. The number of anilines is 1. The Bertz CT molecular complexity index is 1400. The van der Waals surface area contributed by atoms with Crippen molar-refractivity contribution in [1.82, 2.24) is 29.7 Å². The van der Waals surface area contributed by atoms with E-state index >= 15 is 0 Å². The highest BCUT2D eigenvalue weighted by Gasteiger charge is 2.37. The second kappa shape index (κ2) is 9.63. The first-order chi connectivity index (χ1) is 17.7. The van der Waals surface area contributed by atoms with Gasteiger partial charge in [0.25, 0.3) is 0 Å². The van der Waals surface area contributed by atoms with Crippen molar-refractivity contribution in [1.29, 1.82) is 0 Å². The minimum absolute atomic E-state index is 0.0265. The molecule has 0 aliphatic heterocycles. The van der Waals surface area contributed by atoms with Gasteiger partial charge in [0, 0.05) is 30.0 Å². The fourth-order valence-corrected chi connectivity index (χ4v) is 4.30. The van der Waals surface area contributed by atoms with Crippen LogP contribution in [0.15, 0.2) is 30.6 Å². The Labute approximate surface area is 204 Å². The number of sulfonamides is 1. The number of pyridine rings is 1. The van der Waals surface area contributed by atoms with Gasteiger partial charge in [-0.25, -0.2) is 23.4 Å². The number of ether oxygens (including phenoxy) is 2. The van der Waals surface area contributed by atoms with E-state index < -0.39 is 40.2 Å². The molecule has 1 aliphatic carbocycles. The van der Waals surface area contributed by atoms with Crippen LogP contribution in [0, 0.1) is 6.92 Å². The van der Waals surface area contributed by atoms with Crippen LogP contribution in [0.2, 0.25) is 0 Å². The van der Waals surface area contributed by atoms with Gasteiger partial charge in [-0.05, 0) is 52.1 Å². The molecule has 0 aromatic carbocycles. The van der Waals surface area contributed by atoms with Crippen LogP contribution in [0.25, 0.3) is 11.5 Å². The molecule has 2 unspecified atom stereocenters. The average Bonchev–Trinajstić information content (AvgIpc) is 3.08. The molecule has 12 heteroatoms. The van der Waals surface area contributed by atoms with Crippen LogP contribution in [-0.4, -0.2) is 56.6 Å². The number of aromatic nitrogens is 6. The maximum Gasteiger partial charge on any atom is 0.240 e. The first-order valence-electron chi connectivity index (χ1n) is 12.6. The van der Waals surface area contributed by atoms with Crippen molar-refractivity contribution >= 4 is 16.0 Å². The zero-order chi connectivity index (χ0) is 28.0. The summed E-state index contributed by atoms with van der Waals surface area (Å²) < 4.78 is 74.3. The van der Waals surface area contributed by atoms with Gasteiger partial charge in [-0.1, -0.05) is 6.07 Å². The van der Waals surface area contributed by atoms with Crippen LogP contribution in [0.4, 0.5) is 5.95 Å². The molecule has 0 bridgehead atoms. The van der Waals surface area contributed by atoms with Gasteiger partial charge in [-0.3, -0.25) is 9.29 Å². The van der Waals surface area contributed by atoms with E-state index in [1.165, 1.54) is 14.0 Å². The molecule has 3 aromatic rings. The van der Waals surface area contributed by atoms with Gasteiger partial charge in [0.15, 0.2) is 11.6 Å². The predicted octanol–water partition coefficient (Wildman–Crippen LogP) is 3.08. The van der Waals surface area contributed by atoms with Gasteiger partial charge in [0.05, 0.1) is 13.2 Å². The maximum atomic E-state index is 13.6. The summed E-state index contributed by atoms with van der Waals surface area (Å²) in [4.78, 5) is 12.8. The molecule has 0 amide bonds. The second-order valence-electron chi connectivity index (χ2n) is 8.05.